The number of hydrogen-bond donors (Lipinski definition) is 1. The van der Waals surface area contributed by atoms with Crippen LogP contribution in [-0.2, 0) is 4.79 Å². The molecule has 2 heteroatoms. The number of aliphatic carboxylic acids is 1. The Morgan fingerprint density at radius 1 is 1.29 bits per heavy atom. The molecule has 0 spiro atoms. The fraction of sp³-hybridized carbons (Fsp3) is 0.800. The molecule has 4 bridgehead atoms. The number of hydrogen-bond acceptors (Lipinski definition) is 1. The number of carboxylic acids is 1. The van der Waals surface area contributed by atoms with E-state index in [1.807, 2.05) is 0 Å². The second kappa shape index (κ2) is 3.60. The molecule has 4 aliphatic carbocycles. The summed E-state index contributed by atoms with van der Waals surface area (Å²) in [6.45, 7) is 6.17. The molecule has 0 aromatic heterocycles. The van der Waals surface area contributed by atoms with Crippen molar-refractivity contribution in [3.63, 3.8) is 0 Å². The minimum atomic E-state index is -0.759. The first-order chi connectivity index (χ1) is 8.06. The average Bonchev–Trinajstić information content (AvgIpc) is 2.26. The molecule has 0 aromatic rings. The van der Waals surface area contributed by atoms with Crippen LogP contribution in [0.25, 0.3) is 0 Å². The first-order valence-electron chi connectivity index (χ1n) is 6.99. The van der Waals surface area contributed by atoms with Gasteiger partial charge in [0.15, 0.2) is 0 Å². The summed E-state index contributed by atoms with van der Waals surface area (Å²) in [6.07, 6.45) is 7.37. The van der Waals surface area contributed by atoms with Crippen LogP contribution in [0, 0.1) is 29.1 Å². The van der Waals surface area contributed by atoms with Crippen LogP contribution in [0.2, 0.25) is 0 Å². The summed E-state index contributed by atoms with van der Waals surface area (Å²) < 4.78 is 0. The monoisotopic (exact) mass is 234 g/mol. The van der Waals surface area contributed by atoms with E-state index in [0.29, 0.717) is 11.5 Å². The van der Waals surface area contributed by atoms with Gasteiger partial charge in [-0.05, 0) is 55.8 Å². The van der Waals surface area contributed by atoms with Crippen molar-refractivity contribution >= 4 is 5.97 Å². The molecule has 1 N–H and O–H groups in total. The van der Waals surface area contributed by atoms with Crippen LogP contribution in [0.5, 0.6) is 0 Å². The number of carbonyl (C=O) groups is 1. The molecule has 3 unspecified atom stereocenters. The van der Waals surface area contributed by atoms with E-state index in [1.165, 1.54) is 19.3 Å². The quantitative estimate of drug-likeness (QED) is 0.759. The van der Waals surface area contributed by atoms with E-state index in [-0.39, 0.29) is 5.41 Å². The summed E-state index contributed by atoms with van der Waals surface area (Å²) in [5.74, 6) is 2.17. The molecule has 0 heterocycles. The highest BCUT2D eigenvalue weighted by molar-refractivity contribution is 5.87. The highest BCUT2D eigenvalue weighted by Crippen LogP contribution is 2.65. The second-order valence-electron chi connectivity index (χ2n) is 6.56. The van der Waals surface area contributed by atoms with Crippen molar-refractivity contribution in [1.29, 1.82) is 0 Å². The zero-order valence-corrected chi connectivity index (χ0v) is 10.6. The molecule has 3 atom stereocenters. The molecule has 4 aliphatic rings. The van der Waals surface area contributed by atoms with Gasteiger partial charge in [-0.1, -0.05) is 19.9 Å². The Kier molecular flexibility index (Phi) is 2.39. The fourth-order valence-electron chi connectivity index (χ4n) is 5.55. The van der Waals surface area contributed by atoms with E-state index in [4.69, 9.17) is 0 Å². The molecule has 4 saturated carbocycles. The minimum Gasteiger partial charge on any atom is -0.478 e. The third-order valence-electron chi connectivity index (χ3n) is 5.82. The molecule has 4 fully saturated rings. The predicted molar refractivity (Wildman–Crippen MR) is 66.5 cm³/mol. The smallest absolute Gasteiger partial charge is 0.331 e. The van der Waals surface area contributed by atoms with Crippen molar-refractivity contribution in [1.82, 2.24) is 0 Å². The first-order valence-corrected chi connectivity index (χ1v) is 6.99. The maximum Gasteiger partial charge on any atom is 0.331 e. The van der Waals surface area contributed by atoms with Gasteiger partial charge < -0.3 is 5.11 Å². The van der Waals surface area contributed by atoms with Gasteiger partial charge in [-0.2, -0.15) is 0 Å². The molecule has 0 aromatic carbocycles. The molecule has 0 saturated heterocycles. The topological polar surface area (TPSA) is 37.3 Å². The van der Waals surface area contributed by atoms with Crippen LogP contribution in [0.4, 0.5) is 0 Å². The summed E-state index contributed by atoms with van der Waals surface area (Å²) in [6, 6.07) is 0. The van der Waals surface area contributed by atoms with Gasteiger partial charge in [0.25, 0.3) is 0 Å². The van der Waals surface area contributed by atoms with Gasteiger partial charge in [0.1, 0.15) is 0 Å². The molecule has 0 amide bonds. The maximum atomic E-state index is 11.4. The molecule has 2 nitrogen and oxygen atoms in total. The highest BCUT2D eigenvalue weighted by atomic mass is 16.4. The van der Waals surface area contributed by atoms with Gasteiger partial charge >= 0.3 is 5.97 Å². The summed E-state index contributed by atoms with van der Waals surface area (Å²) in [4.78, 5) is 11.4. The predicted octanol–water partition coefficient (Wildman–Crippen LogP) is 3.48. The van der Waals surface area contributed by atoms with Gasteiger partial charge in [-0.3, -0.25) is 0 Å². The number of rotatable bonds is 3. The summed E-state index contributed by atoms with van der Waals surface area (Å²) in [7, 11) is 0. The van der Waals surface area contributed by atoms with Crippen molar-refractivity contribution in [2.45, 2.75) is 45.4 Å². The van der Waals surface area contributed by atoms with E-state index in [1.54, 1.807) is 0 Å². The van der Waals surface area contributed by atoms with Crippen LogP contribution in [0.1, 0.15) is 45.4 Å². The Balaban J connectivity index is 2.00. The number of carboxylic acid groups (broad SMARTS) is 1. The molecular weight excluding hydrogens is 212 g/mol. The maximum absolute atomic E-state index is 11.4. The van der Waals surface area contributed by atoms with Crippen LogP contribution in [-0.4, -0.2) is 11.1 Å². The molecule has 0 radical (unpaired) electrons. The van der Waals surface area contributed by atoms with E-state index in [2.05, 4.69) is 13.5 Å². The van der Waals surface area contributed by atoms with Crippen LogP contribution in [0.15, 0.2) is 12.2 Å². The van der Waals surface area contributed by atoms with Gasteiger partial charge in [0, 0.05) is 11.0 Å². The lowest BCUT2D eigenvalue weighted by atomic mass is 9.43. The largest absolute Gasteiger partial charge is 0.478 e. The molecule has 17 heavy (non-hydrogen) atoms. The van der Waals surface area contributed by atoms with Gasteiger partial charge in [0.05, 0.1) is 0 Å². The van der Waals surface area contributed by atoms with Crippen LogP contribution >= 0.6 is 0 Å². The lowest BCUT2D eigenvalue weighted by Crippen LogP contribution is -2.54. The third kappa shape index (κ3) is 1.42. The first kappa shape index (κ1) is 11.3. The van der Waals surface area contributed by atoms with E-state index in [0.717, 1.165) is 37.0 Å². The molecular formula is C15H22O2. The minimum absolute atomic E-state index is 0.0463. The van der Waals surface area contributed by atoms with E-state index in [9.17, 15) is 9.90 Å². The van der Waals surface area contributed by atoms with Crippen molar-refractivity contribution in [3.05, 3.63) is 12.2 Å². The van der Waals surface area contributed by atoms with E-state index < -0.39 is 5.97 Å². The van der Waals surface area contributed by atoms with Crippen LogP contribution in [0.3, 0.4) is 0 Å². The molecule has 4 rings (SSSR count). The Hall–Kier alpha value is -0.790. The highest BCUT2D eigenvalue weighted by Gasteiger charge is 2.58. The lowest BCUT2D eigenvalue weighted by molar-refractivity contribution is -0.140. The van der Waals surface area contributed by atoms with Gasteiger partial charge in [0.2, 0.25) is 0 Å². The average molecular weight is 234 g/mol. The SMILES string of the molecule is C=C(C(=O)O)C12CC3CC(CC(C3)C1CC)C2. The van der Waals surface area contributed by atoms with Crippen molar-refractivity contribution in [3.8, 4) is 0 Å². The van der Waals surface area contributed by atoms with Crippen molar-refractivity contribution in [2.24, 2.45) is 29.1 Å². The van der Waals surface area contributed by atoms with Gasteiger partial charge in [-0.25, -0.2) is 4.79 Å². The lowest BCUT2D eigenvalue weighted by Gasteiger charge is -2.61. The van der Waals surface area contributed by atoms with E-state index >= 15 is 0 Å². The zero-order valence-electron chi connectivity index (χ0n) is 10.6. The summed E-state index contributed by atoms with van der Waals surface area (Å²) >= 11 is 0. The van der Waals surface area contributed by atoms with Crippen molar-refractivity contribution in [2.75, 3.05) is 0 Å². The Morgan fingerprint density at radius 3 is 2.35 bits per heavy atom. The van der Waals surface area contributed by atoms with Crippen LogP contribution < -0.4 is 0 Å². The Labute approximate surface area is 103 Å². The standard InChI is InChI=1S/C15H22O2/c1-3-13-12-5-10-4-11(6-12)8-15(13,7-10)9(2)14(16)17/h10-13H,2-8H2,1H3,(H,16,17). The molecule has 94 valence electrons. The Morgan fingerprint density at radius 2 is 1.88 bits per heavy atom. The second-order valence-corrected chi connectivity index (χ2v) is 6.56. The molecule has 0 aliphatic heterocycles. The third-order valence-corrected chi connectivity index (χ3v) is 5.82. The normalized spacial score (nSPS) is 47.1. The Bertz CT molecular complexity index is 357. The summed E-state index contributed by atoms with van der Waals surface area (Å²) in [5.41, 5.74) is 0.471. The van der Waals surface area contributed by atoms with Gasteiger partial charge in [-0.15, -0.1) is 0 Å². The summed E-state index contributed by atoms with van der Waals surface area (Å²) in [5, 5.41) is 9.36. The fourth-order valence-corrected chi connectivity index (χ4v) is 5.55. The van der Waals surface area contributed by atoms with Crippen molar-refractivity contribution < 1.29 is 9.90 Å². The zero-order chi connectivity index (χ0) is 12.2.